The van der Waals surface area contributed by atoms with E-state index in [0.717, 1.165) is 16.6 Å². The van der Waals surface area contributed by atoms with Crippen molar-refractivity contribution in [3.63, 3.8) is 0 Å². The number of fused-ring (bicyclic) bond motifs is 1. The minimum absolute atomic E-state index is 0.281. The van der Waals surface area contributed by atoms with E-state index in [0.29, 0.717) is 28.7 Å². The molecule has 0 N–H and O–H groups in total. The average molecular weight is 340 g/mol. The zero-order chi connectivity index (χ0) is 15.5. The van der Waals surface area contributed by atoms with E-state index in [-0.39, 0.29) is 12.4 Å². The normalized spacial score (nSPS) is 11.0. The van der Waals surface area contributed by atoms with Crippen LogP contribution in [0.1, 0.15) is 11.3 Å². The molecule has 0 spiro atoms. The minimum atomic E-state index is -0.281. The van der Waals surface area contributed by atoms with Gasteiger partial charge in [-0.1, -0.05) is 28.9 Å². The molecule has 0 aliphatic rings. The fraction of sp³-hybridized carbons (Fsp3) is 0.188. The van der Waals surface area contributed by atoms with Crippen molar-refractivity contribution in [2.45, 2.75) is 13.0 Å². The summed E-state index contributed by atoms with van der Waals surface area (Å²) in [4.78, 5) is 0. The molecule has 0 unspecified atom stereocenters. The van der Waals surface area contributed by atoms with E-state index in [1.54, 1.807) is 24.3 Å². The Labute approximate surface area is 136 Å². The summed E-state index contributed by atoms with van der Waals surface area (Å²) in [6.07, 6.45) is 0.612. The molecule has 6 heteroatoms. The highest BCUT2D eigenvalue weighted by Crippen LogP contribution is 2.32. The van der Waals surface area contributed by atoms with Gasteiger partial charge in [0.25, 0.3) is 0 Å². The number of hydrogen-bond donors (Lipinski definition) is 0. The quantitative estimate of drug-likeness (QED) is 0.615. The SMILES string of the molecule is Fc1ccc(COc2cc3onc(CCCl)c3cc2Cl)cc1. The lowest BCUT2D eigenvalue weighted by molar-refractivity contribution is 0.306. The van der Waals surface area contributed by atoms with Crippen LogP contribution in [0.4, 0.5) is 4.39 Å². The van der Waals surface area contributed by atoms with Gasteiger partial charge in [-0.05, 0) is 23.8 Å². The number of benzene rings is 2. The van der Waals surface area contributed by atoms with Gasteiger partial charge >= 0.3 is 0 Å². The zero-order valence-corrected chi connectivity index (χ0v) is 13.0. The molecule has 3 nitrogen and oxygen atoms in total. The Morgan fingerprint density at radius 3 is 2.68 bits per heavy atom. The maximum atomic E-state index is 12.9. The summed E-state index contributed by atoms with van der Waals surface area (Å²) < 4.78 is 23.8. The highest BCUT2D eigenvalue weighted by molar-refractivity contribution is 6.32. The molecule has 0 bridgehead atoms. The molecule has 0 radical (unpaired) electrons. The van der Waals surface area contributed by atoms with Crippen LogP contribution >= 0.6 is 23.2 Å². The van der Waals surface area contributed by atoms with Gasteiger partial charge in [0.1, 0.15) is 18.2 Å². The van der Waals surface area contributed by atoms with Gasteiger partial charge in [-0.3, -0.25) is 0 Å². The van der Waals surface area contributed by atoms with Crippen LogP contribution < -0.4 is 4.74 Å². The third-order valence-corrected chi connectivity index (χ3v) is 3.72. The van der Waals surface area contributed by atoms with Gasteiger partial charge in [0.05, 0.1) is 10.7 Å². The molecule has 0 fully saturated rings. The van der Waals surface area contributed by atoms with E-state index < -0.39 is 0 Å². The predicted octanol–water partition coefficient (Wildman–Crippen LogP) is 4.98. The van der Waals surface area contributed by atoms with Crippen LogP contribution in [0.25, 0.3) is 11.0 Å². The highest BCUT2D eigenvalue weighted by Gasteiger charge is 2.12. The first-order chi connectivity index (χ1) is 10.7. The number of hydrogen-bond acceptors (Lipinski definition) is 3. The van der Waals surface area contributed by atoms with Crippen molar-refractivity contribution in [3.05, 3.63) is 58.5 Å². The summed E-state index contributed by atoms with van der Waals surface area (Å²) in [5.74, 6) is 0.672. The number of aromatic nitrogens is 1. The Kier molecular flexibility index (Phi) is 4.50. The van der Waals surface area contributed by atoms with Crippen LogP contribution in [0, 0.1) is 5.82 Å². The van der Waals surface area contributed by atoms with Crippen LogP contribution in [0.5, 0.6) is 5.75 Å². The predicted molar refractivity (Wildman–Crippen MR) is 84.2 cm³/mol. The average Bonchev–Trinajstić information content (AvgIpc) is 2.89. The summed E-state index contributed by atoms with van der Waals surface area (Å²) in [5.41, 5.74) is 2.22. The van der Waals surface area contributed by atoms with E-state index >= 15 is 0 Å². The Morgan fingerprint density at radius 2 is 1.95 bits per heavy atom. The summed E-state index contributed by atoms with van der Waals surface area (Å²) in [5, 5.41) is 5.28. The van der Waals surface area contributed by atoms with Gasteiger partial charge < -0.3 is 9.26 Å². The standard InChI is InChI=1S/C16H12Cl2FNO2/c17-6-5-14-12-7-13(18)16(8-15(12)22-20-14)21-9-10-1-3-11(19)4-2-10/h1-4,7-8H,5-6,9H2. The van der Waals surface area contributed by atoms with E-state index in [1.165, 1.54) is 12.1 Å². The summed E-state index contributed by atoms with van der Waals surface area (Å²) in [6, 6.07) is 9.56. The second kappa shape index (κ2) is 6.55. The van der Waals surface area contributed by atoms with E-state index in [9.17, 15) is 4.39 Å². The Bertz CT molecular complexity index is 787. The molecule has 3 rings (SSSR count). The number of rotatable bonds is 5. The first kappa shape index (κ1) is 15.1. The Balaban J connectivity index is 1.81. The van der Waals surface area contributed by atoms with Gasteiger partial charge in [-0.2, -0.15) is 0 Å². The summed E-state index contributed by atoms with van der Waals surface area (Å²) in [7, 11) is 0. The van der Waals surface area contributed by atoms with Crippen LogP contribution in [0.15, 0.2) is 40.9 Å². The van der Waals surface area contributed by atoms with Crippen molar-refractivity contribution >= 4 is 34.2 Å². The van der Waals surface area contributed by atoms with E-state index in [1.807, 2.05) is 0 Å². The maximum absolute atomic E-state index is 12.9. The number of ether oxygens (including phenoxy) is 1. The van der Waals surface area contributed by atoms with Crippen molar-refractivity contribution in [3.8, 4) is 5.75 Å². The lowest BCUT2D eigenvalue weighted by Gasteiger charge is -2.08. The molecule has 0 aliphatic heterocycles. The largest absolute Gasteiger partial charge is 0.487 e. The first-order valence-electron chi connectivity index (χ1n) is 6.68. The van der Waals surface area contributed by atoms with Crippen molar-refractivity contribution < 1.29 is 13.7 Å². The molecular formula is C16H12Cl2FNO2. The number of aryl methyl sites for hydroxylation is 1. The van der Waals surface area contributed by atoms with Crippen molar-refractivity contribution in [2.75, 3.05) is 5.88 Å². The first-order valence-corrected chi connectivity index (χ1v) is 7.59. The van der Waals surface area contributed by atoms with E-state index in [2.05, 4.69) is 5.16 Å². The molecular weight excluding hydrogens is 328 g/mol. The fourth-order valence-corrected chi connectivity index (χ4v) is 2.51. The molecule has 3 aromatic rings. The molecule has 1 aromatic heterocycles. The molecule has 0 atom stereocenters. The number of nitrogens with zero attached hydrogens (tertiary/aromatic N) is 1. The lowest BCUT2D eigenvalue weighted by Crippen LogP contribution is -1.96. The highest BCUT2D eigenvalue weighted by atomic mass is 35.5. The third-order valence-electron chi connectivity index (χ3n) is 3.24. The topological polar surface area (TPSA) is 35.3 Å². The van der Waals surface area contributed by atoms with Gasteiger partial charge in [0, 0.05) is 23.8 Å². The van der Waals surface area contributed by atoms with Gasteiger partial charge in [-0.25, -0.2) is 4.39 Å². The molecule has 0 amide bonds. The smallest absolute Gasteiger partial charge is 0.170 e. The molecule has 114 valence electrons. The molecule has 0 saturated heterocycles. The van der Waals surface area contributed by atoms with Crippen LogP contribution in [0.3, 0.4) is 0 Å². The second-order valence-corrected chi connectivity index (χ2v) is 5.55. The maximum Gasteiger partial charge on any atom is 0.170 e. The Hall–Kier alpha value is -1.78. The van der Waals surface area contributed by atoms with Crippen molar-refractivity contribution in [1.82, 2.24) is 5.16 Å². The Morgan fingerprint density at radius 1 is 1.18 bits per heavy atom. The molecule has 0 saturated carbocycles. The third kappa shape index (κ3) is 3.18. The fourth-order valence-electron chi connectivity index (χ4n) is 2.11. The van der Waals surface area contributed by atoms with Crippen LogP contribution in [-0.2, 0) is 13.0 Å². The summed E-state index contributed by atoms with van der Waals surface area (Å²) in [6.45, 7) is 0.286. The number of alkyl halides is 1. The second-order valence-electron chi connectivity index (χ2n) is 4.76. The van der Waals surface area contributed by atoms with Crippen LogP contribution in [-0.4, -0.2) is 11.0 Å². The van der Waals surface area contributed by atoms with Gasteiger partial charge in [0.2, 0.25) is 0 Å². The molecule has 0 aliphatic carbocycles. The van der Waals surface area contributed by atoms with E-state index in [4.69, 9.17) is 32.5 Å². The van der Waals surface area contributed by atoms with Gasteiger partial charge in [-0.15, -0.1) is 11.6 Å². The van der Waals surface area contributed by atoms with Crippen LogP contribution in [0.2, 0.25) is 5.02 Å². The molecule has 1 heterocycles. The van der Waals surface area contributed by atoms with Crippen molar-refractivity contribution in [2.24, 2.45) is 0 Å². The number of halogens is 3. The van der Waals surface area contributed by atoms with Gasteiger partial charge in [0.15, 0.2) is 5.58 Å². The minimum Gasteiger partial charge on any atom is -0.487 e. The summed E-state index contributed by atoms with van der Waals surface area (Å²) >= 11 is 12.0. The monoisotopic (exact) mass is 339 g/mol. The lowest BCUT2D eigenvalue weighted by atomic mass is 10.2. The zero-order valence-electron chi connectivity index (χ0n) is 11.5. The molecule has 2 aromatic carbocycles. The van der Waals surface area contributed by atoms with Crippen molar-refractivity contribution in [1.29, 1.82) is 0 Å². The molecule has 22 heavy (non-hydrogen) atoms.